The molecule has 0 aliphatic rings. The van der Waals surface area contributed by atoms with Gasteiger partial charge < -0.3 is 5.32 Å². The summed E-state index contributed by atoms with van der Waals surface area (Å²) in [5.41, 5.74) is 2.99. The average Bonchev–Trinajstić information content (AvgIpc) is 3.01. The van der Waals surface area contributed by atoms with Crippen molar-refractivity contribution in [2.45, 2.75) is 6.92 Å². The highest BCUT2D eigenvalue weighted by molar-refractivity contribution is 14.1. The molecule has 3 aromatic heterocycles. The summed E-state index contributed by atoms with van der Waals surface area (Å²) in [6.45, 7) is 2.07. The van der Waals surface area contributed by atoms with Gasteiger partial charge in [-0.1, -0.05) is 6.07 Å². The van der Waals surface area contributed by atoms with Crippen LogP contribution in [0.2, 0.25) is 0 Å². The van der Waals surface area contributed by atoms with Crippen LogP contribution >= 0.6 is 22.6 Å². The van der Waals surface area contributed by atoms with Crippen LogP contribution in [0.25, 0.3) is 16.9 Å². The van der Waals surface area contributed by atoms with Gasteiger partial charge in [-0.25, -0.2) is 9.97 Å². The molecule has 1 N–H and O–H groups in total. The van der Waals surface area contributed by atoms with E-state index in [0.29, 0.717) is 5.95 Å². The average molecular weight is 427 g/mol. The first-order chi connectivity index (χ1) is 11.7. The van der Waals surface area contributed by atoms with Crippen LogP contribution in [0.5, 0.6) is 0 Å². The number of hydrogen-bond donors (Lipinski definition) is 1. The van der Waals surface area contributed by atoms with Crippen molar-refractivity contribution in [2.75, 3.05) is 5.32 Å². The number of fused-ring (bicyclic) bond motifs is 1. The lowest BCUT2D eigenvalue weighted by molar-refractivity contribution is 1.02. The fourth-order valence-corrected chi connectivity index (χ4v) is 3.19. The maximum Gasteiger partial charge on any atom is 0.229 e. The number of benzene rings is 1. The Bertz CT molecular complexity index is 1010. The van der Waals surface area contributed by atoms with Crippen LogP contribution in [-0.4, -0.2) is 19.5 Å². The molecule has 0 fully saturated rings. The van der Waals surface area contributed by atoms with Crippen molar-refractivity contribution in [2.24, 2.45) is 0 Å². The van der Waals surface area contributed by atoms with Gasteiger partial charge in [-0.05, 0) is 71.5 Å². The summed E-state index contributed by atoms with van der Waals surface area (Å²) in [5, 5.41) is 4.28. The zero-order valence-corrected chi connectivity index (χ0v) is 15.1. The molecule has 6 heteroatoms. The minimum Gasteiger partial charge on any atom is -0.324 e. The highest BCUT2D eigenvalue weighted by atomic mass is 127. The minimum atomic E-state index is 0.572. The van der Waals surface area contributed by atoms with Crippen LogP contribution in [0.3, 0.4) is 0 Å². The van der Waals surface area contributed by atoms with Crippen LogP contribution in [0.4, 0.5) is 11.6 Å². The molecule has 4 aromatic rings. The third-order valence-corrected chi connectivity index (χ3v) is 4.43. The monoisotopic (exact) mass is 427 g/mol. The Labute approximate surface area is 152 Å². The lowest BCUT2D eigenvalue weighted by atomic mass is 10.2. The first-order valence-corrected chi connectivity index (χ1v) is 8.57. The number of anilines is 2. The molecule has 0 saturated heterocycles. The summed E-state index contributed by atoms with van der Waals surface area (Å²) in [7, 11) is 0. The van der Waals surface area contributed by atoms with E-state index in [1.54, 1.807) is 6.20 Å². The van der Waals surface area contributed by atoms with Gasteiger partial charge in [-0.2, -0.15) is 4.98 Å². The molecule has 0 aliphatic heterocycles. The van der Waals surface area contributed by atoms with E-state index in [2.05, 4.69) is 61.9 Å². The Hall–Kier alpha value is -2.48. The Morgan fingerprint density at radius 1 is 1.08 bits per heavy atom. The number of hydrogen-bond acceptors (Lipinski definition) is 4. The highest BCUT2D eigenvalue weighted by Crippen LogP contribution is 2.23. The molecule has 0 aliphatic carbocycles. The van der Waals surface area contributed by atoms with E-state index in [9.17, 15) is 0 Å². The second kappa shape index (κ2) is 6.20. The first kappa shape index (κ1) is 15.1. The topological polar surface area (TPSA) is 55.6 Å². The Morgan fingerprint density at radius 2 is 2.00 bits per heavy atom. The molecule has 0 saturated carbocycles. The van der Waals surface area contributed by atoms with E-state index in [1.807, 2.05) is 47.3 Å². The summed E-state index contributed by atoms with van der Waals surface area (Å²) in [6.07, 6.45) is 5.56. The van der Waals surface area contributed by atoms with Crippen LogP contribution in [0, 0.1) is 10.5 Å². The summed E-state index contributed by atoms with van der Waals surface area (Å²) >= 11 is 2.31. The molecular weight excluding hydrogens is 413 g/mol. The fraction of sp³-hybridized carbons (Fsp3) is 0.0556. The maximum atomic E-state index is 4.67. The Kier molecular flexibility index (Phi) is 3.89. The molecule has 3 heterocycles. The van der Waals surface area contributed by atoms with Crippen molar-refractivity contribution in [3.63, 3.8) is 0 Å². The number of nitrogens with zero attached hydrogens (tertiary/aromatic N) is 4. The third kappa shape index (κ3) is 2.84. The van der Waals surface area contributed by atoms with Gasteiger partial charge >= 0.3 is 0 Å². The molecule has 0 spiro atoms. The molecule has 0 unspecified atom stereocenters. The van der Waals surface area contributed by atoms with Gasteiger partial charge in [-0.3, -0.25) is 4.57 Å². The lowest BCUT2D eigenvalue weighted by Crippen LogP contribution is -2.01. The molecule has 1 aromatic carbocycles. The number of aryl methyl sites for hydroxylation is 1. The zero-order chi connectivity index (χ0) is 16.5. The number of halogens is 1. The predicted octanol–water partition coefficient (Wildman–Crippen LogP) is 4.47. The predicted molar refractivity (Wildman–Crippen MR) is 104 cm³/mol. The summed E-state index contributed by atoms with van der Waals surface area (Å²) < 4.78 is 3.17. The van der Waals surface area contributed by atoms with Crippen molar-refractivity contribution in [3.8, 4) is 5.82 Å². The number of aromatic nitrogens is 4. The molecule has 118 valence electrons. The molecule has 0 bridgehead atoms. The van der Waals surface area contributed by atoms with Gasteiger partial charge in [0, 0.05) is 33.2 Å². The second-order valence-corrected chi connectivity index (χ2v) is 6.68. The number of pyridine rings is 1. The van der Waals surface area contributed by atoms with Gasteiger partial charge in [0.05, 0.1) is 0 Å². The van der Waals surface area contributed by atoms with Crippen molar-refractivity contribution >= 4 is 45.3 Å². The molecule has 0 radical (unpaired) electrons. The number of rotatable bonds is 3. The van der Waals surface area contributed by atoms with Crippen molar-refractivity contribution in [3.05, 3.63) is 70.2 Å². The fourth-order valence-electron chi connectivity index (χ4n) is 2.55. The molecule has 4 rings (SSSR count). The van der Waals surface area contributed by atoms with Crippen molar-refractivity contribution in [1.82, 2.24) is 19.5 Å². The van der Waals surface area contributed by atoms with E-state index in [-0.39, 0.29) is 0 Å². The van der Waals surface area contributed by atoms with Crippen molar-refractivity contribution < 1.29 is 0 Å². The largest absolute Gasteiger partial charge is 0.324 e. The molecular formula is C18H14IN5. The van der Waals surface area contributed by atoms with E-state index in [4.69, 9.17) is 0 Å². The van der Waals surface area contributed by atoms with Gasteiger partial charge in [0.15, 0.2) is 5.65 Å². The second-order valence-electron chi connectivity index (χ2n) is 5.43. The van der Waals surface area contributed by atoms with Crippen molar-refractivity contribution in [1.29, 1.82) is 0 Å². The van der Waals surface area contributed by atoms with Crippen LogP contribution in [-0.2, 0) is 0 Å². The van der Waals surface area contributed by atoms with Crippen LogP contribution < -0.4 is 5.32 Å². The highest BCUT2D eigenvalue weighted by Gasteiger charge is 2.08. The molecule has 5 nitrogen and oxygen atoms in total. The first-order valence-electron chi connectivity index (χ1n) is 7.49. The van der Waals surface area contributed by atoms with Gasteiger partial charge in [0.2, 0.25) is 5.95 Å². The van der Waals surface area contributed by atoms with Gasteiger partial charge in [0.25, 0.3) is 0 Å². The smallest absolute Gasteiger partial charge is 0.229 e. The Balaban J connectivity index is 1.75. The summed E-state index contributed by atoms with van der Waals surface area (Å²) in [4.78, 5) is 13.5. The van der Waals surface area contributed by atoms with E-state index >= 15 is 0 Å². The quantitative estimate of drug-likeness (QED) is 0.491. The lowest BCUT2D eigenvalue weighted by Gasteiger charge is -2.09. The third-order valence-electron chi connectivity index (χ3n) is 3.76. The summed E-state index contributed by atoms with van der Waals surface area (Å²) in [6, 6.07) is 14.0. The normalized spacial score (nSPS) is 10.9. The van der Waals surface area contributed by atoms with Gasteiger partial charge in [-0.15, -0.1) is 0 Å². The zero-order valence-electron chi connectivity index (χ0n) is 12.9. The summed E-state index contributed by atoms with van der Waals surface area (Å²) in [5.74, 6) is 1.41. The SMILES string of the molecule is Cc1cc(I)ccc1Nc1ncc2ccn(-c3ccccn3)c2n1. The maximum absolute atomic E-state index is 4.67. The minimum absolute atomic E-state index is 0.572. The van der Waals surface area contributed by atoms with Gasteiger partial charge in [0.1, 0.15) is 5.82 Å². The van der Waals surface area contributed by atoms with E-state index in [0.717, 1.165) is 28.1 Å². The molecule has 24 heavy (non-hydrogen) atoms. The standard InChI is InChI=1S/C18H14IN5/c1-12-10-14(19)5-6-15(12)22-18-21-11-13-7-9-24(17(13)23-18)16-4-2-3-8-20-16/h2-11H,1H3,(H,21,22,23). The molecule has 0 atom stereocenters. The van der Waals surface area contributed by atoms with Crippen LogP contribution in [0.1, 0.15) is 5.56 Å². The Morgan fingerprint density at radius 3 is 2.79 bits per heavy atom. The molecule has 0 amide bonds. The van der Waals surface area contributed by atoms with Crippen LogP contribution in [0.15, 0.2) is 61.1 Å². The number of nitrogens with one attached hydrogen (secondary N) is 1. The van der Waals surface area contributed by atoms with E-state index in [1.165, 1.54) is 3.57 Å². The van der Waals surface area contributed by atoms with E-state index < -0.39 is 0 Å².